The summed E-state index contributed by atoms with van der Waals surface area (Å²) in [6.07, 6.45) is 0. The number of ether oxygens (including phenoxy) is 3. The molecular formula is C28H36N2O6. The Morgan fingerprint density at radius 3 is 2.11 bits per heavy atom. The lowest BCUT2D eigenvalue weighted by Gasteiger charge is -2.36. The van der Waals surface area contributed by atoms with Gasteiger partial charge in [-0.3, -0.25) is 0 Å². The molecule has 1 heterocycles. The third kappa shape index (κ3) is 5.71. The number of hydrogen-bond donors (Lipinski definition) is 2. The average molecular weight is 497 g/mol. The molecule has 0 radical (unpaired) electrons. The fraction of sp³-hybridized carbons (Fsp3) is 0.429. The highest BCUT2D eigenvalue weighted by Gasteiger charge is 2.48. The lowest BCUT2D eigenvalue weighted by Crippen LogP contribution is -2.52. The van der Waals surface area contributed by atoms with Gasteiger partial charge in [0.2, 0.25) is 5.85 Å². The summed E-state index contributed by atoms with van der Waals surface area (Å²) in [5.41, 5.74) is 1.60. The fourth-order valence-corrected chi connectivity index (χ4v) is 4.07. The Kier molecular flexibility index (Phi) is 7.53. The molecule has 0 amide bonds. The summed E-state index contributed by atoms with van der Waals surface area (Å²) in [6.45, 7) is 10.8. The molecule has 0 saturated carbocycles. The Morgan fingerprint density at radius 2 is 1.58 bits per heavy atom. The first kappa shape index (κ1) is 27.2. The SMILES string of the molecule is COC(=O)C1=C(C(C)(C)O)NC(C)(OC)N1Cc1ccc(-c2ccccc2C(=O)OC(C)(C)C)cc1. The van der Waals surface area contributed by atoms with Crippen molar-refractivity contribution in [2.75, 3.05) is 14.2 Å². The topological polar surface area (TPSA) is 97.3 Å². The summed E-state index contributed by atoms with van der Waals surface area (Å²) in [7, 11) is 2.83. The zero-order valence-corrected chi connectivity index (χ0v) is 22.3. The summed E-state index contributed by atoms with van der Waals surface area (Å²) in [6, 6.07) is 15.0. The molecular weight excluding hydrogens is 460 g/mol. The third-order valence-electron chi connectivity index (χ3n) is 5.92. The van der Waals surface area contributed by atoms with Gasteiger partial charge in [0.05, 0.1) is 18.4 Å². The third-order valence-corrected chi connectivity index (χ3v) is 5.92. The largest absolute Gasteiger partial charge is 0.464 e. The van der Waals surface area contributed by atoms with Gasteiger partial charge in [0, 0.05) is 20.6 Å². The van der Waals surface area contributed by atoms with Crippen molar-refractivity contribution in [2.45, 2.75) is 65.1 Å². The number of carbonyl (C=O) groups is 2. The maximum absolute atomic E-state index is 12.8. The van der Waals surface area contributed by atoms with Gasteiger partial charge in [-0.1, -0.05) is 42.5 Å². The summed E-state index contributed by atoms with van der Waals surface area (Å²) >= 11 is 0. The van der Waals surface area contributed by atoms with E-state index < -0.39 is 23.0 Å². The number of aliphatic hydroxyl groups is 1. The minimum absolute atomic E-state index is 0.202. The van der Waals surface area contributed by atoms with Gasteiger partial charge >= 0.3 is 11.9 Å². The van der Waals surface area contributed by atoms with Crippen molar-refractivity contribution in [3.63, 3.8) is 0 Å². The number of methoxy groups -OCH3 is 2. The number of nitrogens with one attached hydrogen (secondary N) is 1. The van der Waals surface area contributed by atoms with Crippen molar-refractivity contribution in [3.8, 4) is 11.1 Å². The first-order valence-electron chi connectivity index (χ1n) is 11.8. The Labute approximate surface area is 212 Å². The molecule has 1 aliphatic rings. The molecule has 0 aromatic heterocycles. The van der Waals surface area contributed by atoms with Gasteiger partial charge in [0.15, 0.2) is 0 Å². The second-order valence-electron chi connectivity index (χ2n) is 10.4. The first-order chi connectivity index (χ1) is 16.7. The Bertz CT molecular complexity index is 1160. The number of nitrogens with zero attached hydrogens (tertiary/aromatic N) is 1. The molecule has 2 N–H and O–H groups in total. The van der Waals surface area contributed by atoms with E-state index in [-0.39, 0.29) is 11.7 Å². The van der Waals surface area contributed by atoms with Gasteiger partial charge in [-0.05, 0) is 57.4 Å². The van der Waals surface area contributed by atoms with Crippen LogP contribution < -0.4 is 5.32 Å². The zero-order chi connectivity index (χ0) is 26.9. The van der Waals surface area contributed by atoms with E-state index in [2.05, 4.69) is 5.32 Å². The monoisotopic (exact) mass is 496 g/mol. The standard InChI is InChI=1S/C28H36N2O6/c1-26(2,3)36-24(31)21-12-10-9-11-20(21)19-15-13-18(14-16-19)17-30-22(25(32)34-7)23(27(4,5)33)29-28(30,6)35-8/h9-16,29,33H,17H2,1-8H3. The van der Waals surface area contributed by atoms with Crippen LogP contribution in [0.2, 0.25) is 0 Å². The van der Waals surface area contributed by atoms with Gasteiger partial charge < -0.3 is 29.5 Å². The fourth-order valence-electron chi connectivity index (χ4n) is 4.07. The van der Waals surface area contributed by atoms with Gasteiger partial charge in [-0.2, -0.15) is 0 Å². The van der Waals surface area contributed by atoms with Crippen molar-refractivity contribution in [1.82, 2.24) is 10.2 Å². The number of esters is 2. The average Bonchev–Trinajstić information content (AvgIpc) is 3.11. The summed E-state index contributed by atoms with van der Waals surface area (Å²) in [5, 5.41) is 13.8. The van der Waals surface area contributed by atoms with Crippen LogP contribution >= 0.6 is 0 Å². The molecule has 36 heavy (non-hydrogen) atoms. The van der Waals surface area contributed by atoms with Gasteiger partial charge in [-0.15, -0.1) is 0 Å². The molecule has 194 valence electrons. The van der Waals surface area contributed by atoms with E-state index in [0.29, 0.717) is 17.8 Å². The molecule has 2 aromatic rings. The highest BCUT2D eigenvalue weighted by atomic mass is 16.6. The van der Waals surface area contributed by atoms with E-state index in [1.54, 1.807) is 31.7 Å². The van der Waals surface area contributed by atoms with E-state index in [1.807, 2.05) is 63.2 Å². The van der Waals surface area contributed by atoms with E-state index in [0.717, 1.165) is 16.7 Å². The van der Waals surface area contributed by atoms with Gasteiger partial charge in [-0.25, -0.2) is 9.59 Å². The van der Waals surface area contributed by atoms with Crippen molar-refractivity contribution >= 4 is 11.9 Å². The van der Waals surface area contributed by atoms with Crippen LogP contribution in [0.5, 0.6) is 0 Å². The van der Waals surface area contributed by atoms with Crippen LogP contribution in [0.4, 0.5) is 0 Å². The molecule has 2 aromatic carbocycles. The molecule has 0 saturated heterocycles. The van der Waals surface area contributed by atoms with Crippen LogP contribution in [0.1, 0.15) is 57.5 Å². The number of carbonyl (C=O) groups excluding carboxylic acids is 2. The minimum Gasteiger partial charge on any atom is -0.464 e. The zero-order valence-electron chi connectivity index (χ0n) is 22.3. The van der Waals surface area contributed by atoms with Crippen molar-refractivity contribution in [1.29, 1.82) is 0 Å². The normalized spacial score (nSPS) is 18.2. The lowest BCUT2D eigenvalue weighted by atomic mass is 9.98. The quantitative estimate of drug-likeness (QED) is 0.551. The number of hydrogen-bond acceptors (Lipinski definition) is 8. The van der Waals surface area contributed by atoms with Gasteiger partial charge in [0.25, 0.3) is 0 Å². The molecule has 3 rings (SSSR count). The molecule has 1 unspecified atom stereocenters. The predicted octanol–water partition coefficient (Wildman–Crippen LogP) is 4.19. The van der Waals surface area contributed by atoms with E-state index in [9.17, 15) is 14.7 Å². The van der Waals surface area contributed by atoms with Crippen LogP contribution in [-0.4, -0.2) is 53.2 Å². The van der Waals surface area contributed by atoms with Crippen LogP contribution in [0.15, 0.2) is 59.9 Å². The Morgan fingerprint density at radius 1 is 0.972 bits per heavy atom. The van der Waals surface area contributed by atoms with E-state index in [4.69, 9.17) is 14.2 Å². The van der Waals surface area contributed by atoms with Crippen molar-refractivity contribution in [3.05, 3.63) is 71.1 Å². The second-order valence-corrected chi connectivity index (χ2v) is 10.4. The summed E-state index contributed by atoms with van der Waals surface area (Å²) in [4.78, 5) is 27.3. The van der Waals surface area contributed by atoms with Crippen LogP contribution in [0, 0.1) is 0 Å². The maximum atomic E-state index is 12.8. The highest BCUT2D eigenvalue weighted by molar-refractivity contribution is 5.97. The Hall–Kier alpha value is -3.36. The molecule has 0 spiro atoms. The molecule has 1 aliphatic heterocycles. The molecule has 0 aliphatic carbocycles. The van der Waals surface area contributed by atoms with Crippen molar-refractivity contribution in [2.24, 2.45) is 0 Å². The van der Waals surface area contributed by atoms with E-state index >= 15 is 0 Å². The minimum atomic E-state index is -1.33. The summed E-state index contributed by atoms with van der Waals surface area (Å²) < 4.78 is 16.3. The first-order valence-corrected chi connectivity index (χ1v) is 11.8. The smallest absolute Gasteiger partial charge is 0.356 e. The summed E-state index contributed by atoms with van der Waals surface area (Å²) in [5.74, 6) is -2.04. The molecule has 0 bridgehead atoms. The lowest BCUT2D eigenvalue weighted by molar-refractivity contribution is -0.147. The van der Waals surface area contributed by atoms with Crippen molar-refractivity contribution < 1.29 is 28.9 Å². The second kappa shape index (κ2) is 9.95. The van der Waals surface area contributed by atoms with Gasteiger partial charge in [0.1, 0.15) is 16.9 Å². The van der Waals surface area contributed by atoms with E-state index in [1.165, 1.54) is 14.2 Å². The molecule has 8 nitrogen and oxygen atoms in total. The van der Waals surface area contributed by atoms with Crippen LogP contribution in [0.25, 0.3) is 11.1 Å². The maximum Gasteiger partial charge on any atom is 0.356 e. The molecule has 1 atom stereocenters. The molecule has 0 fully saturated rings. The number of benzene rings is 2. The number of rotatable bonds is 7. The highest BCUT2D eigenvalue weighted by Crippen LogP contribution is 2.36. The predicted molar refractivity (Wildman–Crippen MR) is 136 cm³/mol. The van der Waals surface area contributed by atoms with Crippen LogP contribution in [-0.2, 0) is 25.5 Å². The van der Waals surface area contributed by atoms with Crippen LogP contribution in [0.3, 0.4) is 0 Å². The Balaban J connectivity index is 1.95. The molecule has 8 heteroatoms.